The average Bonchev–Trinajstić information content (AvgIpc) is 2.61. The molecule has 2 rings (SSSR count). The molecule has 2 atom stereocenters. The van der Waals surface area contributed by atoms with Crippen LogP contribution >= 0.6 is 0 Å². The van der Waals surface area contributed by atoms with Crippen molar-refractivity contribution < 1.29 is 22.4 Å². The molecule has 25 heavy (non-hydrogen) atoms. The van der Waals surface area contributed by atoms with Gasteiger partial charge in [-0.2, -0.15) is 8.42 Å². The lowest BCUT2D eigenvalue weighted by atomic mass is 10.0. The topological polar surface area (TPSA) is 72.8 Å². The fourth-order valence-electron chi connectivity index (χ4n) is 2.99. The van der Waals surface area contributed by atoms with E-state index < -0.39 is 16.2 Å². The van der Waals surface area contributed by atoms with Gasteiger partial charge >= 0.3 is 0 Å². The largest absolute Gasteiger partial charge is 0.391 e. The molecule has 0 aliphatic carbocycles. The van der Waals surface area contributed by atoms with E-state index in [4.69, 9.17) is 8.92 Å². The van der Waals surface area contributed by atoms with E-state index in [1.807, 2.05) is 6.92 Å². The van der Waals surface area contributed by atoms with Crippen LogP contribution in [0.1, 0.15) is 56.9 Å². The second-order valence-corrected chi connectivity index (χ2v) is 8.45. The highest BCUT2D eigenvalue weighted by molar-refractivity contribution is 7.86. The van der Waals surface area contributed by atoms with Crippen molar-refractivity contribution in [2.24, 2.45) is 0 Å². The number of aliphatic hydroxyl groups is 1. The van der Waals surface area contributed by atoms with Crippen LogP contribution in [-0.2, 0) is 19.0 Å². The SMILES string of the molecule is Cc1ccc(S(=O)(=O)OCC(O)CCCCCC2CCCCO2)cc1. The molecule has 0 saturated carbocycles. The lowest BCUT2D eigenvalue weighted by Gasteiger charge is -2.22. The van der Waals surface area contributed by atoms with Crippen LogP contribution in [0.15, 0.2) is 29.2 Å². The number of benzene rings is 1. The van der Waals surface area contributed by atoms with Crippen LogP contribution < -0.4 is 0 Å². The fourth-order valence-corrected chi connectivity index (χ4v) is 3.93. The number of aryl methyl sites for hydroxylation is 1. The number of hydrogen-bond acceptors (Lipinski definition) is 5. The van der Waals surface area contributed by atoms with Gasteiger partial charge in [0.25, 0.3) is 10.1 Å². The third-order valence-electron chi connectivity index (χ3n) is 4.56. The summed E-state index contributed by atoms with van der Waals surface area (Å²) in [5, 5.41) is 9.94. The first-order valence-corrected chi connectivity index (χ1v) is 10.6. The zero-order valence-corrected chi connectivity index (χ0v) is 15.8. The number of aliphatic hydroxyl groups excluding tert-OH is 1. The van der Waals surface area contributed by atoms with Crippen molar-refractivity contribution in [1.82, 2.24) is 0 Å². The van der Waals surface area contributed by atoms with E-state index in [0.717, 1.165) is 44.3 Å². The Labute approximate surface area is 151 Å². The van der Waals surface area contributed by atoms with E-state index >= 15 is 0 Å². The summed E-state index contributed by atoms with van der Waals surface area (Å²) in [6.45, 7) is 2.58. The van der Waals surface area contributed by atoms with E-state index in [-0.39, 0.29) is 11.5 Å². The zero-order chi connectivity index (χ0) is 18.1. The molecule has 0 bridgehead atoms. The quantitative estimate of drug-likeness (QED) is 0.503. The summed E-state index contributed by atoms with van der Waals surface area (Å²) in [5.41, 5.74) is 0.984. The molecule has 1 aromatic carbocycles. The van der Waals surface area contributed by atoms with Gasteiger partial charge in [-0.25, -0.2) is 0 Å². The highest BCUT2D eigenvalue weighted by Crippen LogP contribution is 2.19. The number of rotatable bonds is 10. The van der Waals surface area contributed by atoms with Crippen LogP contribution in [0.2, 0.25) is 0 Å². The molecule has 1 aliphatic rings. The van der Waals surface area contributed by atoms with E-state index in [2.05, 4.69) is 0 Å². The normalized spacial score (nSPS) is 19.7. The van der Waals surface area contributed by atoms with E-state index in [1.165, 1.54) is 25.0 Å². The van der Waals surface area contributed by atoms with Crippen molar-refractivity contribution in [3.63, 3.8) is 0 Å². The van der Waals surface area contributed by atoms with Gasteiger partial charge in [-0.3, -0.25) is 4.18 Å². The highest BCUT2D eigenvalue weighted by Gasteiger charge is 2.17. The third kappa shape index (κ3) is 7.44. The molecule has 5 nitrogen and oxygen atoms in total. The van der Waals surface area contributed by atoms with Crippen molar-refractivity contribution in [2.75, 3.05) is 13.2 Å². The van der Waals surface area contributed by atoms with Crippen molar-refractivity contribution >= 4 is 10.1 Å². The third-order valence-corrected chi connectivity index (χ3v) is 5.86. The standard InChI is InChI=1S/C19H30O5S/c1-16-10-12-19(13-11-16)25(21,22)24-15-17(20)7-3-2-4-8-18-9-5-6-14-23-18/h10-13,17-18,20H,2-9,14-15H2,1H3. The Hall–Kier alpha value is -0.950. The summed E-state index contributed by atoms with van der Waals surface area (Å²) in [4.78, 5) is 0.123. The van der Waals surface area contributed by atoms with E-state index in [1.54, 1.807) is 12.1 Å². The first-order chi connectivity index (χ1) is 12.0. The first-order valence-electron chi connectivity index (χ1n) is 9.23. The molecule has 1 heterocycles. The van der Waals surface area contributed by atoms with Crippen LogP contribution in [0, 0.1) is 6.92 Å². The Balaban J connectivity index is 1.60. The lowest BCUT2D eigenvalue weighted by Crippen LogP contribution is -2.19. The molecule has 6 heteroatoms. The fraction of sp³-hybridized carbons (Fsp3) is 0.684. The monoisotopic (exact) mass is 370 g/mol. The second kappa shape index (κ2) is 10.3. The van der Waals surface area contributed by atoms with Gasteiger partial charge in [0.05, 0.1) is 23.7 Å². The summed E-state index contributed by atoms with van der Waals surface area (Å²) in [5.74, 6) is 0. The Kier molecular flexibility index (Phi) is 8.36. The maximum atomic E-state index is 12.1. The van der Waals surface area contributed by atoms with Crippen molar-refractivity contribution in [1.29, 1.82) is 0 Å². The number of ether oxygens (including phenoxy) is 1. The van der Waals surface area contributed by atoms with Gasteiger partial charge in [0, 0.05) is 6.61 Å². The van der Waals surface area contributed by atoms with Gasteiger partial charge in [-0.05, 0) is 51.2 Å². The van der Waals surface area contributed by atoms with Gasteiger partial charge in [0.2, 0.25) is 0 Å². The van der Waals surface area contributed by atoms with Gasteiger partial charge < -0.3 is 9.84 Å². The highest BCUT2D eigenvalue weighted by atomic mass is 32.2. The molecule has 2 unspecified atom stereocenters. The van der Waals surface area contributed by atoms with Crippen molar-refractivity contribution in [3.8, 4) is 0 Å². The smallest absolute Gasteiger partial charge is 0.297 e. The molecule has 142 valence electrons. The maximum absolute atomic E-state index is 12.1. The molecular formula is C19H30O5S. The van der Waals surface area contributed by atoms with Crippen molar-refractivity contribution in [2.45, 2.75) is 75.4 Å². The Bertz CT molecular complexity index is 591. The molecular weight excluding hydrogens is 340 g/mol. The molecule has 0 spiro atoms. The summed E-state index contributed by atoms with van der Waals surface area (Å²) < 4.78 is 34.8. The van der Waals surface area contributed by atoms with Crippen LogP contribution in [0.4, 0.5) is 0 Å². The van der Waals surface area contributed by atoms with Crippen LogP contribution in [0.25, 0.3) is 0 Å². The summed E-state index contributed by atoms with van der Waals surface area (Å²) in [6.07, 6.45) is 7.83. The second-order valence-electron chi connectivity index (χ2n) is 6.83. The average molecular weight is 371 g/mol. The summed E-state index contributed by atoms with van der Waals surface area (Å²) in [6, 6.07) is 6.49. The molecule has 1 fully saturated rings. The zero-order valence-electron chi connectivity index (χ0n) is 15.0. The van der Waals surface area contributed by atoms with Crippen molar-refractivity contribution in [3.05, 3.63) is 29.8 Å². The minimum absolute atomic E-state index is 0.123. The van der Waals surface area contributed by atoms with E-state index in [9.17, 15) is 13.5 Å². The van der Waals surface area contributed by atoms with Crippen LogP contribution in [-0.4, -0.2) is 38.9 Å². The number of unbranched alkanes of at least 4 members (excludes halogenated alkanes) is 2. The predicted octanol–water partition coefficient (Wildman–Crippen LogP) is 3.58. The van der Waals surface area contributed by atoms with Crippen LogP contribution in [0.3, 0.4) is 0 Å². The molecule has 1 aromatic rings. The van der Waals surface area contributed by atoms with Gasteiger partial charge in [-0.15, -0.1) is 0 Å². The Morgan fingerprint density at radius 1 is 1.20 bits per heavy atom. The Morgan fingerprint density at radius 3 is 2.64 bits per heavy atom. The predicted molar refractivity (Wildman–Crippen MR) is 97.0 cm³/mol. The first kappa shape index (κ1) is 20.4. The number of hydrogen-bond donors (Lipinski definition) is 1. The summed E-state index contributed by atoms with van der Waals surface area (Å²) in [7, 11) is -3.80. The molecule has 1 N–H and O–H groups in total. The van der Waals surface area contributed by atoms with Gasteiger partial charge in [-0.1, -0.05) is 37.0 Å². The summed E-state index contributed by atoms with van der Waals surface area (Å²) >= 11 is 0. The van der Waals surface area contributed by atoms with E-state index in [0.29, 0.717) is 12.5 Å². The van der Waals surface area contributed by atoms with Gasteiger partial charge in [0.1, 0.15) is 0 Å². The molecule has 1 saturated heterocycles. The minimum atomic E-state index is -3.80. The Morgan fingerprint density at radius 2 is 1.96 bits per heavy atom. The maximum Gasteiger partial charge on any atom is 0.297 e. The molecule has 0 amide bonds. The molecule has 0 aromatic heterocycles. The van der Waals surface area contributed by atoms with Crippen LogP contribution in [0.5, 0.6) is 0 Å². The van der Waals surface area contributed by atoms with Gasteiger partial charge in [0.15, 0.2) is 0 Å². The molecule has 1 aliphatic heterocycles. The molecule has 0 radical (unpaired) electrons. The lowest BCUT2D eigenvalue weighted by molar-refractivity contribution is 0.00957. The minimum Gasteiger partial charge on any atom is -0.391 e.